The van der Waals surface area contributed by atoms with Gasteiger partial charge in [-0.25, -0.2) is 0 Å². The second kappa shape index (κ2) is 7.49. The van der Waals surface area contributed by atoms with E-state index in [-0.39, 0.29) is 0 Å². The fourth-order valence-corrected chi connectivity index (χ4v) is 4.84. The molecule has 3 rings (SSSR count). The summed E-state index contributed by atoms with van der Waals surface area (Å²) >= 11 is 0. The second-order valence-corrected chi connectivity index (χ2v) is 7.72. The maximum atomic E-state index is 2.44. The van der Waals surface area contributed by atoms with Crippen molar-refractivity contribution in [1.29, 1.82) is 0 Å². The molecule has 0 atom stereocenters. The SMILES string of the molecule is CC=C[C@H]1CC[C@H]([C@H]2CC[C@H](c3ccc(C)cc3)CC2)CC1. The zero-order valence-corrected chi connectivity index (χ0v) is 14.4. The minimum absolute atomic E-state index is 0.830. The number of hydrogen-bond donors (Lipinski definition) is 0. The Morgan fingerprint density at radius 1 is 0.773 bits per heavy atom. The molecule has 0 radical (unpaired) electrons. The van der Waals surface area contributed by atoms with E-state index >= 15 is 0 Å². The lowest BCUT2D eigenvalue weighted by atomic mass is 9.68. The van der Waals surface area contributed by atoms with Gasteiger partial charge in [0.15, 0.2) is 0 Å². The van der Waals surface area contributed by atoms with E-state index in [0.29, 0.717) is 0 Å². The van der Waals surface area contributed by atoms with E-state index in [4.69, 9.17) is 0 Å². The molecule has 2 fully saturated rings. The molecule has 0 spiro atoms. The Balaban J connectivity index is 1.49. The molecule has 0 aliphatic heterocycles. The van der Waals surface area contributed by atoms with E-state index in [2.05, 4.69) is 50.3 Å². The Bertz CT molecular complexity index is 465. The zero-order chi connectivity index (χ0) is 15.4. The van der Waals surface area contributed by atoms with Gasteiger partial charge in [-0.3, -0.25) is 0 Å². The van der Waals surface area contributed by atoms with Gasteiger partial charge in [-0.15, -0.1) is 0 Å². The van der Waals surface area contributed by atoms with Gasteiger partial charge < -0.3 is 0 Å². The van der Waals surface area contributed by atoms with Crippen LogP contribution in [0.3, 0.4) is 0 Å². The van der Waals surface area contributed by atoms with E-state index in [1.54, 1.807) is 5.56 Å². The summed E-state index contributed by atoms with van der Waals surface area (Å²) in [6, 6.07) is 9.29. The molecule has 2 saturated carbocycles. The summed E-state index contributed by atoms with van der Waals surface area (Å²) in [6.07, 6.45) is 16.3. The first-order chi connectivity index (χ1) is 10.8. The van der Waals surface area contributed by atoms with Crippen molar-refractivity contribution in [2.24, 2.45) is 17.8 Å². The maximum Gasteiger partial charge on any atom is -0.0162 e. The minimum atomic E-state index is 0.830. The third-order valence-corrected chi connectivity index (χ3v) is 6.27. The first-order valence-corrected chi connectivity index (χ1v) is 9.45. The zero-order valence-electron chi connectivity index (χ0n) is 14.4. The first kappa shape index (κ1) is 15.8. The maximum absolute atomic E-state index is 2.44. The summed E-state index contributed by atoms with van der Waals surface area (Å²) < 4.78 is 0. The fraction of sp³-hybridized carbons (Fsp3) is 0.636. The predicted molar refractivity (Wildman–Crippen MR) is 96.1 cm³/mol. The van der Waals surface area contributed by atoms with Gasteiger partial charge in [-0.05, 0) is 94.4 Å². The summed E-state index contributed by atoms with van der Waals surface area (Å²) in [4.78, 5) is 0. The van der Waals surface area contributed by atoms with Crippen LogP contribution in [-0.4, -0.2) is 0 Å². The van der Waals surface area contributed by atoms with Gasteiger partial charge in [0.2, 0.25) is 0 Å². The van der Waals surface area contributed by atoms with Gasteiger partial charge in [0, 0.05) is 0 Å². The molecule has 0 heterocycles. The molecular weight excluding hydrogens is 264 g/mol. The quantitative estimate of drug-likeness (QED) is 0.548. The number of allylic oxidation sites excluding steroid dienone is 2. The van der Waals surface area contributed by atoms with Gasteiger partial charge in [0.25, 0.3) is 0 Å². The van der Waals surface area contributed by atoms with Crippen LogP contribution in [0.5, 0.6) is 0 Å². The van der Waals surface area contributed by atoms with Gasteiger partial charge >= 0.3 is 0 Å². The molecular formula is C22H32. The largest absolute Gasteiger partial charge is 0.0914 e. The van der Waals surface area contributed by atoms with Crippen LogP contribution in [-0.2, 0) is 0 Å². The Morgan fingerprint density at radius 3 is 1.86 bits per heavy atom. The number of aryl methyl sites for hydroxylation is 1. The van der Waals surface area contributed by atoms with E-state index in [1.165, 1.54) is 56.9 Å². The highest BCUT2D eigenvalue weighted by Crippen LogP contribution is 2.44. The molecule has 1 aromatic carbocycles. The van der Waals surface area contributed by atoms with Crippen molar-refractivity contribution >= 4 is 0 Å². The second-order valence-electron chi connectivity index (χ2n) is 7.72. The lowest BCUT2D eigenvalue weighted by Gasteiger charge is -2.37. The number of hydrogen-bond acceptors (Lipinski definition) is 0. The van der Waals surface area contributed by atoms with Crippen LogP contribution >= 0.6 is 0 Å². The van der Waals surface area contributed by atoms with Crippen LogP contribution < -0.4 is 0 Å². The molecule has 0 saturated heterocycles. The predicted octanol–water partition coefficient (Wildman–Crippen LogP) is 6.65. The van der Waals surface area contributed by atoms with Crippen LogP contribution in [0.4, 0.5) is 0 Å². The van der Waals surface area contributed by atoms with E-state index in [1.807, 2.05) is 0 Å². The van der Waals surface area contributed by atoms with Crippen molar-refractivity contribution in [3.8, 4) is 0 Å². The normalized spacial score (nSPS) is 33.2. The molecule has 0 aromatic heterocycles. The molecule has 22 heavy (non-hydrogen) atoms. The van der Waals surface area contributed by atoms with Crippen LogP contribution in [0.1, 0.15) is 75.3 Å². The molecule has 0 unspecified atom stereocenters. The molecule has 0 nitrogen and oxygen atoms in total. The topological polar surface area (TPSA) is 0 Å². The molecule has 0 bridgehead atoms. The van der Waals surface area contributed by atoms with Gasteiger partial charge in [0.1, 0.15) is 0 Å². The summed E-state index contributed by atoms with van der Waals surface area (Å²) in [5, 5.41) is 0. The lowest BCUT2D eigenvalue weighted by Crippen LogP contribution is -2.25. The van der Waals surface area contributed by atoms with Crippen LogP contribution in [0.15, 0.2) is 36.4 Å². The van der Waals surface area contributed by atoms with E-state index < -0.39 is 0 Å². The summed E-state index contributed by atoms with van der Waals surface area (Å²) in [6.45, 7) is 4.35. The highest BCUT2D eigenvalue weighted by atomic mass is 14.4. The highest BCUT2D eigenvalue weighted by molar-refractivity contribution is 5.24. The van der Waals surface area contributed by atoms with Gasteiger partial charge in [-0.2, -0.15) is 0 Å². The average molecular weight is 296 g/mol. The molecule has 2 aliphatic rings. The minimum Gasteiger partial charge on any atom is -0.0914 e. The molecule has 120 valence electrons. The van der Waals surface area contributed by atoms with Gasteiger partial charge in [-0.1, -0.05) is 42.0 Å². The molecule has 2 aliphatic carbocycles. The summed E-state index contributed by atoms with van der Waals surface area (Å²) in [7, 11) is 0. The number of rotatable bonds is 3. The monoisotopic (exact) mass is 296 g/mol. The Labute approximate surface area is 137 Å². The Kier molecular flexibility index (Phi) is 5.39. The number of benzene rings is 1. The first-order valence-electron chi connectivity index (χ1n) is 9.45. The van der Waals surface area contributed by atoms with Crippen molar-refractivity contribution in [1.82, 2.24) is 0 Å². The fourth-order valence-electron chi connectivity index (χ4n) is 4.84. The van der Waals surface area contributed by atoms with Crippen molar-refractivity contribution in [3.05, 3.63) is 47.5 Å². The average Bonchev–Trinajstić information content (AvgIpc) is 2.57. The van der Waals surface area contributed by atoms with Crippen molar-refractivity contribution in [2.75, 3.05) is 0 Å². The van der Waals surface area contributed by atoms with E-state index in [0.717, 1.165) is 23.7 Å². The van der Waals surface area contributed by atoms with Crippen LogP contribution in [0.25, 0.3) is 0 Å². The standard InChI is InChI=1S/C22H32/c1-3-4-18-7-11-20(12-8-18)22-15-13-21(14-16-22)19-9-5-17(2)6-10-19/h3-6,9-10,18,20-22H,7-8,11-16H2,1-2H3/t18-,20-,21-,22-. The third kappa shape index (κ3) is 3.83. The Morgan fingerprint density at radius 2 is 1.32 bits per heavy atom. The van der Waals surface area contributed by atoms with Crippen molar-refractivity contribution < 1.29 is 0 Å². The molecule has 0 amide bonds. The van der Waals surface area contributed by atoms with E-state index in [9.17, 15) is 0 Å². The van der Waals surface area contributed by atoms with Crippen LogP contribution in [0.2, 0.25) is 0 Å². The van der Waals surface area contributed by atoms with Crippen molar-refractivity contribution in [2.45, 2.75) is 71.1 Å². The lowest BCUT2D eigenvalue weighted by molar-refractivity contribution is 0.171. The summed E-state index contributed by atoms with van der Waals surface area (Å²) in [5.41, 5.74) is 2.97. The van der Waals surface area contributed by atoms with Crippen LogP contribution in [0, 0.1) is 24.7 Å². The van der Waals surface area contributed by atoms with Crippen molar-refractivity contribution in [3.63, 3.8) is 0 Å². The third-order valence-electron chi connectivity index (χ3n) is 6.27. The Hall–Kier alpha value is -1.04. The summed E-state index contributed by atoms with van der Waals surface area (Å²) in [5.74, 6) is 3.76. The molecule has 0 N–H and O–H groups in total. The highest BCUT2D eigenvalue weighted by Gasteiger charge is 2.30. The molecule has 1 aromatic rings. The molecule has 0 heteroatoms. The smallest absolute Gasteiger partial charge is 0.0162 e. The van der Waals surface area contributed by atoms with Gasteiger partial charge in [0.05, 0.1) is 0 Å².